The maximum atomic E-state index is 13.0. The van der Waals surface area contributed by atoms with Crippen molar-refractivity contribution in [3.63, 3.8) is 0 Å². The molecule has 438 valence electrons. The number of rotatable bonds is 45. The molecule has 14 heteroatoms. The molecule has 0 saturated carbocycles. The maximum Gasteiger partial charge on any atom is 0.306 e. The second-order valence-electron chi connectivity index (χ2n) is 19.7. The summed E-state index contributed by atoms with van der Waals surface area (Å²) in [6.07, 6.45) is 51.2. The molecule has 7 N–H and O–H groups in total. The van der Waals surface area contributed by atoms with Gasteiger partial charge < -0.3 is 64.2 Å². The van der Waals surface area contributed by atoms with Crippen LogP contribution >= 0.6 is 0 Å². The molecule has 2 fully saturated rings. The predicted octanol–water partition coefficient (Wildman–Crippen LogP) is 10.5. The molecule has 0 aromatic carbocycles. The molecule has 77 heavy (non-hydrogen) atoms. The van der Waals surface area contributed by atoms with Gasteiger partial charge in [0.05, 0.1) is 26.4 Å². The first-order valence-corrected chi connectivity index (χ1v) is 29.1. The first-order chi connectivity index (χ1) is 37.6. The van der Waals surface area contributed by atoms with E-state index in [-0.39, 0.29) is 19.6 Å². The van der Waals surface area contributed by atoms with Gasteiger partial charge >= 0.3 is 5.97 Å². The Balaban J connectivity index is 1.72. The average Bonchev–Trinajstić information content (AvgIpc) is 3.43. The van der Waals surface area contributed by atoms with Gasteiger partial charge in [-0.3, -0.25) is 4.79 Å². The number of hydrogen-bond acceptors (Lipinski definition) is 14. The van der Waals surface area contributed by atoms with Gasteiger partial charge in [0.2, 0.25) is 0 Å². The Morgan fingerprint density at radius 1 is 0.429 bits per heavy atom. The van der Waals surface area contributed by atoms with Crippen LogP contribution in [0, 0.1) is 0 Å². The average molecular weight is 1080 g/mol. The number of aliphatic hydroxyl groups excluding tert-OH is 7. The van der Waals surface area contributed by atoms with Gasteiger partial charge in [-0.1, -0.05) is 187 Å². The lowest BCUT2D eigenvalue weighted by molar-refractivity contribution is -0.332. The minimum Gasteiger partial charge on any atom is -0.457 e. The zero-order valence-corrected chi connectivity index (χ0v) is 46.9. The molecular weight excluding hydrogens is 981 g/mol. The van der Waals surface area contributed by atoms with E-state index in [1.54, 1.807) is 0 Å². The van der Waals surface area contributed by atoms with Crippen molar-refractivity contribution in [2.45, 2.75) is 235 Å². The molecule has 2 aliphatic rings. The van der Waals surface area contributed by atoms with Crippen LogP contribution < -0.4 is 0 Å². The molecule has 11 unspecified atom stereocenters. The molecule has 0 aromatic rings. The summed E-state index contributed by atoms with van der Waals surface area (Å²) in [6, 6.07) is 0. The Hall–Kier alpha value is -3.61. The lowest BCUT2D eigenvalue weighted by Gasteiger charge is -2.42. The van der Waals surface area contributed by atoms with Crippen LogP contribution in [-0.4, -0.2) is 142 Å². The van der Waals surface area contributed by atoms with Gasteiger partial charge in [-0.2, -0.15) is 0 Å². The van der Waals surface area contributed by atoms with Gasteiger partial charge in [-0.25, -0.2) is 0 Å². The van der Waals surface area contributed by atoms with Crippen LogP contribution in [0.15, 0.2) is 122 Å². The smallest absolute Gasteiger partial charge is 0.306 e. The van der Waals surface area contributed by atoms with Crippen molar-refractivity contribution in [2.24, 2.45) is 0 Å². The largest absolute Gasteiger partial charge is 0.457 e. The van der Waals surface area contributed by atoms with E-state index in [1.165, 1.54) is 44.9 Å². The van der Waals surface area contributed by atoms with Gasteiger partial charge in [0, 0.05) is 13.0 Å². The SMILES string of the molecule is CC/C=C\C/C=C\C/C=C\C/C=C\C/C=C\CCCCCCCCCCCCOCC(COC1OC(COC2OC(CO)C(O)C(O)C2O)C(O)C(O)C1O)OC(=O)CCC/C=C\C/C=C\C/C=C\C/C=C\C/C=C\CC. The third-order valence-corrected chi connectivity index (χ3v) is 13.0. The molecule has 0 aliphatic carbocycles. The van der Waals surface area contributed by atoms with E-state index in [0.29, 0.717) is 19.4 Å². The Morgan fingerprint density at radius 3 is 1.26 bits per heavy atom. The van der Waals surface area contributed by atoms with Gasteiger partial charge in [0.1, 0.15) is 54.9 Å². The molecular formula is C63H102O14. The second kappa shape index (κ2) is 48.3. The minimum absolute atomic E-state index is 0.0270. The fourth-order valence-corrected chi connectivity index (χ4v) is 8.35. The summed E-state index contributed by atoms with van der Waals surface area (Å²) in [7, 11) is 0. The van der Waals surface area contributed by atoms with E-state index < -0.39 is 86.7 Å². The quantitative estimate of drug-likeness (QED) is 0.0172. The highest BCUT2D eigenvalue weighted by molar-refractivity contribution is 5.69. The first-order valence-electron chi connectivity index (χ1n) is 29.1. The molecule has 0 radical (unpaired) electrons. The molecule has 0 amide bonds. The van der Waals surface area contributed by atoms with Gasteiger partial charge in [0.15, 0.2) is 12.6 Å². The Kier molecular flexibility index (Phi) is 43.6. The monoisotopic (exact) mass is 1080 g/mol. The normalized spacial score (nSPS) is 25.2. The number of carbonyl (C=O) groups is 1. The van der Waals surface area contributed by atoms with E-state index in [1.807, 2.05) is 6.08 Å². The highest BCUT2D eigenvalue weighted by Gasteiger charge is 2.47. The van der Waals surface area contributed by atoms with Crippen molar-refractivity contribution in [1.29, 1.82) is 0 Å². The van der Waals surface area contributed by atoms with Crippen LogP contribution in [0.1, 0.15) is 168 Å². The van der Waals surface area contributed by atoms with Crippen molar-refractivity contribution >= 4 is 5.97 Å². The highest BCUT2D eigenvalue weighted by Crippen LogP contribution is 2.26. The molecule has 11 atom stereocenters. The van der Waals surface area contributed by atoms with Crippen molar-refractivity contribution in [1.82, 2.24) is 0 Å². The highest BCUT2D eigenvalue weighted by atomic mass is 16.7. The molecule has 0 aromatic heterocycles. The van der Waals surface area contributed by atoms with E-state index in [0.717, 1.165) is 89.9 Å². The maximum absolute atomic E-state index is 13.0. The number of aliphatic hydroxyl groups is 7. The zero-order valence-electron chi connectivity index (χ0n) is 46.9. The van der Waals surface area contributed by atoms with Gasteiger partial charge in [0.25, 0.3) is 0 Å². The fourth-order valence-electron chi connectivity index (χ4n) is 8.35. The number of allylic oxidation sites excluding steroid dienone is 20. The fraction of sp³-hybridized carbons (Fsp3) is 0.667. The van der Waals surface area contributed by atoms with Crippen LogP contribution in [0.25, 0.3) is 0 Å². The van der Waals surface area contributed by atoms with Crippen LogP contribution in [0.2, 0.25) is 0 Å². The Morgan fingerprint density at radius 2 is 0.805 bits per heavy atom. The van der Waals surface area contributed by atoms with Crippen LogP contribution in [0.3, 0.4) is 0 Å². The summed E-state index contributed by atoms with van der Waals surface area (Å²) < 4.78 is 34.3. The second-order valence-corrected chi connectivity index (χ2v) is 19.7. The van der Waals surface area contributed by atoms with Crippen molar-refractivity contribution < 1.29 is 69.0 Å². The van der Waals surface area contributed by atoms with E-state index in [2.05, 4.69) is 129 Å². The van der Waals surface area contributed by atoms with Crippen LogP contribution in [-0.2, 0) is 33.2 Å². The lowest BCUT2D eigenvalue weighted by Crippen LogP contribution is -2.61. The Labute approximate surface area is 463 Å². The Bertz CT molecular complexity index is 1730. The van der Waals surface area contributed by atoms with Crippen molar-refractivity contribution in [3.05, 3.63) is 122 Å². The summed E-state index contributed by atoms with van der Waals surface area (Å²) in [5.74, 6) is -0.439. The molecule has 0 spiro atoms. The summed E-state index contributed by atoms with van der Waals surface area (Å²) in [4.78, 5) is 13.0. The third kappa shape index (κ3) is 34.9. The van der Waals surface area contributed by atoms with E-state index >= 15 is 0 Å². The molecule has 2 heterocycles. The molecule has 2 rings (SSSR count). The van der Waals surface area contributed by atoms with Gasteiger partial charge in [-0.15, -0.1) is 0 Å². The van der Waals surface area contributed by atoms with Crippen molar-refractivity contribution in [2.75, 3.05) is 33.0 Å². The van der Waals surface area contributed by atoms with E-state index in [9.17, 15) is 40.5 Å². The number of hydrogen-bond donors (Lipinski definition) is 7. The molecule has 14 nitrogen and oxygen atoms in total. The summed E-state index contributed by atoms with van der Waals surface area (Å²) >= 11 is 0. The summed E-state index contributed by atoms with van der Waals surface area (Å²) in [6.45, 7) is 3.35. The summed E-state index contributed by atoms with van der Waals surface area (Å²) in [5.41, 5.74) is 0. The molecule has 2 saturated heterocycles. The zero-order chi connectivity index (χ0) is 55.8. The standard InChI is InChI=1S/C63H102O14/c1-3-5-7-9-11-13-15-17-19-21-22-23-24-25-26-27-28-29-31-33-35-37-39-41-43-45-47-72-49-52(75-55(65)46-44-42-40-38-36-34-32-30-20-18-16-14-12-10-8-6-4-2)50-73-62-61(71)59(69)57(67)54(77-62)51-74-63-60(70)58(68)56(66)53(48-64)76-63/h5-8,11-14,17-20,22-23,25-26,32,34,38,40,52-54,56-64,66-71H,3-4,9-10,15-16,21,24,27-31,33,35-37,39,41-51H2,1-2H3/b7-5-,8-6-,13-11-,14-12-,19-17-,20-18-,23-22-,26-25-,34-32-,40-38-. The number of carbonyl (C=O) groups excluding carboxylic acids is 1. The minimum atomic E-state index is -1.73. The van der Waals surface area contributed by atoms with E-state index in [4.69, 9.17) is 28.4 Å². The predicted molar refractivity (Wildman–Crippen MR) is 307 cm³/mol. The first kappa shape index (κ1) is 69.5. The van der Waals surface area contributed by atoms with Crippen molar-refractivity contribution in [3.8, 4) is 0 Å². The van der Waals surface area contributed by atoms with Gasteiger partial charge in [-0.05, 0) is 96.3 Å². The lowest BCUT2D eigenvalue weighted by atomic mass is 9.98. The molecule has 2 aliphatic heterocycles. The number of ether oxygens (including phenoxy) is 6. The molecule has 0 bridgehead atoms. The van der Waals surface area contributed by atoms with Crippen LogP contribution in [0.5, 0.6) is 0 Å². The summed E-state index contributed by atoms with van der Waals surface area (Å²) in [5, 5.41) is 72.3. The number of unbranched alkanes of at least 4 members (excludes halogenated alkanes) is 11. The third-order valence-electron chi connectivity index (χ3n) is 13.0. The van der Waals surface area contributed by atoms with Crippen LogP contribution in [0.4, 0.5) is 0 Å². The topological polar surface area (TPSA) is 214 Å². The number of esters is 1.